The van der Waals surface area contributed by atoms with Gasteiger partial charge in [-0.1, -0.05) is 6.07 Å². The molecule has 0 fully saturated rings. The monoisotopic (exact) mass is 376 g/mol. The molecule has 0 spiro atoms. The van der Waals surface area contributed by atoms with Crippen LogP contribution in [0.1, 0.15) is 12.0 Å². The number of hydrogen-bond acceptors (Lipinski definition) is 6. The summed E-state index contributed by atoms with van der Waals surface area (Å²) < 4.78 is 42.8. The van der Waals surface area contributed by atoms with Crippen molar-refractivity contribution >= 4 is 21.1 Å². The summed E-state index contributed by atoms with van der Waals surface area (Å²) in [6.45, 7) is 0.510. The van der Waals surface area contributed by atoms with Crippen LogP contribution >= 0.6 is 0 Å². The molecule has 0 atom stereocenters. The van der Waals surface area contributed by atoms with Crippen molar-refractivity contribution in [1.29, 1.82) is 0 Å². The quantitative estimate of drug-likeness (QED) is 0.634. The summed E-state index contributed by atoms with van der Waals surface area (Å²) in [5.74, 6) is 0.817. The van der Waals surface area contributed by atoms with E-state index in [1.165, 1.54) is 18.2 Å². The summed E-state index contributed by atoms with van der Waals surface area (Å²) >= 11 is 0. The molecule has 2 N–H and O–H groups in total. The van der Waals surface area contributed by atoms with Gasteiger partial charge in [-0.15, -0.1) is 0 Å². The van der Waals surface area contributed by atoms with E-state index in [0.29, 0.717) is 24.1 Å². The number of aryl methyl sites for hydroxylation is 1. The molecular formula is C17H16N2O6S. The van der Waals surface area contributed by atoms with E-state index in [4.69, 9.17) is 13.9 Å². The molecule has 0 unspecified atom stereocenters. The molecule has 0 aliphatic carbocycles. The maximum absolute atomic E-state index is 12.4. The number of fused-ring (bicyclic) bond motifs is 2. The van der Waals surface area contributed by atoms with E-state index in [1.54, 1.807) is 0 Å². The highest BCUT2D eigenvalue weighted by molar-refractivity contribution is 7.89. The predicted molar refractivity (Wildman–Crippen MR) is 92.9 cm³/mol. The summed E-state index contributed by atoms with van der Waals surface area (Å²) in [5, 5.41) is 0. The number of rotatable bonds is 6. The highest BCUT2D eigenvalue weighted by Crippen LogP contribution is 2.32. The van der Waals surface area contributed by atoms with Gasteiger partial charge in [-0.05, 0) is 42.7 Å². The Morgan fingerprint density at radius 3 is 2.81 bits per heavy atom. The van der Waals surface area contributed by atoms with Crippen molar-refractivity contribution in [2.45, 2.75) is 17.7 Å². The SMILES string of the molecule is O=c1[nH]c2ccc(S(=O)(=O)NCCCc3ccc4c(c3)OCO4)cc2o1. The van der Waals surface area contributed by atoms with Gasteiger partial charge in [-0.2, -0.15) is 0 Å². The van der Waals surface area contributed by atoms with Crippen molar-refractivity contribution in [3.63, 3.8) is 0 Å². The molecule has 1 aliphatic heterocycles. The van der Waals surface area contributed by atoms with E-state index in [9.17, 15) is 13.2 Å². The first-order chi connectivity index (χ1) is 12.5. The molecular weight excluding hydrogens is 360 g/mol. The van der Waals surface area contributed by atoms with E-state index in [-0.39, 0.29) is 23.8 Å². The van der Waals surface area contributed by atoms with Gasteiger partial charge in [-0.3, -0.25) is 4.98 Å². The van der Waals surface area contributed by atoms with E-state index in [0.717, 1.165) is 11.3 Å². The molecule has 0 amide bonds. The number of benzene rings is 2. The summed E-state index contributed by atoms with van der Waals surface area (Å²) in [4.78, 5) is 13.7. The second kappa shape index (κ2) is 6.50. The molecule has 1 aliphatic rings. The van der Waals surface area contributed by atoms with Crippen molar-refractivity contribution in [1.82, 2.24) is 9.71 Å². The van der Waals surface area contributed by atoms with Crippen LogP contribution in [0.3, 0.4) is 0 Å². The van der Waals surface area contributed by atoms with Crippen molar-refractivity contribution in [2.75, 3.05) is 13.3 Å². The maximum Gasteiger partial charge on any atom is 0.417 e. The average molecular weight is 376 g/mol. The van der Waals surface area contributed by atoms with Crippen LogP contribution in [0.2, 0.25) is 0 Å². The first kappa shape index (κ1) is 16.7. The van der Waals surface area contributed by atoms with Gasteiger partial charge in [0.15, 0.2) is 17.1 Å². The second-order valence-corrected chi connectivity index (χ2v) is 7.63. The predicted octanol–water partition coefficient (Wildman–Crippen LogP) is 1.76. The number of sulfonamides is 1. The van der Waals surface area contributed by atoms with Crippen molar-refractivity contribution < 1.29 is 22.3 Å². The first-order valence-electron chi connectivity index (χ1n) is 8.02. The highest BCUT2D eigenvalue weighted by atomic mass is 32.2. The van der Waals surface area contributed by atoms with Crippen LogP contribution in [-0.4, -0.2) is 26.7 Å². The minimum Gasteiger partial charge on any atom is -0.454 e. The van der Waals surface area contributed by atoms with Crippen molar-refractivity contribution in [3.8, 4) is 11.5 Å². The molecule has 0 bridgehead atoms. The molecule has 0 radical (unpaired) electrons. The molecule has 2 heterocycles. The van der Waals surface area contributed by atoms with Gasteiger partial charge < -0.3 is 13.9 Å². The van der Waals surface area contributed by atoms with E-state index in [1.807, 2.05) is 18.2 Å². The molecule has 3 aromatic rings. The standard InChI is InChI=1S/C17H16N2O6S/c20-17-19-13-5-4-12(9-15(13)25-17)26(21,22)18-7-1-2-11-3-6-14-16(8-11)24-10-23-14/h3-6,8-9,18H,1-2,7,10H2,(H,19,20). The third-order valence-corrected chi connectivity index (χ3v) is 5.53. The molecule has 2 aromatic carbocycles. The fraction of sp³-hybridized carbons (Fsp3) is 0.235. The topological polar surface area (TPSA) is 111 Å². The first-order valence-corrected chi connectivity index (χ1v) is 9.51. The Kier molecular flexibility index (Phi) is 4.17. The number of oxazole rings is 1. The zero-order chi connectivity index (χ0) is 18.1. The Balaban J connectivity index is 1.37. The normalized spacial score (nSPS) is 13.4. The van der Waals surface area contributed by atoms with Gasteiger partial charge >= 0.3 is 5.76 Å². The number of aromatic amines is 1. The largest absolute Gasteiger partial charge is 0.454 e. The Labute approximate surface area is 148 Å². The van der Waals surface area contributed by atoms with Crippen LogP contribution in [0.25, 0.3) is 11.1 Å². The van der Waals surface area contributed by atoms with Crippen molar-refractivity contribution in [2.24, 2.45) is 0 Å². The summed E-state index contributed by atoms with van der Waals surface area (Å²) in [7, 11) is -3.68. The van der Waals surface area contributed by atoms with Crippen molar-refractivity contribution in [3.05, 3.63) is 52.5 Å². The van der Waals surface area contributed by atoms with Crippen LogP contribution in [0.4, 0.5) is 0 Å². The Hall–Kier alpha value is -2.78. The third-order valence-electron chi connectivity index (χ3n) is 4.07. The summed E-state index contributed by atoms with van der Waals surface area (Å²) in [6, 6.07) is 9.94. The zero-order valence-electron chi connectivity index (χ0n) is 13.7. The minimum atomic E-state index is -3.68. The number of ether oxygens (including phenoxy) is 2. The molecule has 26 heavy (non-hydrogen) atoms. The molecule has 9 heteroatoms. The number of hydrogen-bond donors (Lipinski definition) is 2. The molecule has 8 nitrogen and oxygen atoms in total. The van der Waals surface area contributed by atoms with Crippen LogP contribution in [-0.2, 0) is 16.4 Å². The van der Waals surface area contributed by atoms with E-state index < -0.39 is 15.8 Å². The van der Waals surface area contributed by atoms with Gasteiger partial charge in [0, 0.05) is 12.6 Å². The minimum absolute atomic E-state index is 0.0517. The van der Waals surface area contributed by atoms with Gasteiger partial charge in [0.2, 0.25) is 16.8 Å². The molecule has 4 rings (SSSR count). The number of aromatic nitrogens is 1. The molecule has 0 saturated carbocycles. The van der Waals surface area contributed by atoms with Crippen LogP contribution in [0.5, 0.6) is 11.5 Å². The Bertz CT molecular complexity index is 1120. The highest BCUT2D eigenvalue weighted by Gasteiger charge is 2.16. The molecule has 1 aromatic heterocycles. The summed E-state index contributed by atoms with van der Waals surface area (Å²) in [6.07, 6.45) is 1.32. The maximum atomic E-state index is 12.4. The van der Waals surface area contributed by atoms with Gasteiger partial charge in [-0.25, -0.2) is 17.9 Å². The number of nitrogens with one attached hydrogen (secondary N) is 2. The lowest BCUT2D eigenvalue weighted by Gasteiger charge is -2.07. The lowest BCUT2D eigenvalue weighted by molar-refractivity contribution is 0.174. The molecule has 0 saturated heterocycles. The second-order valence-electron chi connectivity index (χ2n) is 5.86. The van der Waals surface area contributed by atoms with Gasteiger partial charge in [0.05, 0.1) is 10.4 Å². The summed E-state index contributed by atoms with van der Waals surface area (Å²) in [5.41, 5.74) is 1.71. The fourth-order valence-electron chi connectivity index (χ4n) is 2.77. The van der Waals surface area contributed by atoms with E-state index >= 15 is 0 Å². The smallest absolute Gasteiger partial charge is 0.417 e. The van der Waals surface area contributed by atoms with Crippen LogP contribution < -0.4 is 20.0 Å². The van der Waals surface area contributed by atoms with Crippen LogP contribution in [0, 0.1) is 0 Å². The van der Waals surface area contributed by atoms with E-state index in [2.05, 4.69) is 9.71 Å². The Morgan fingerprint density at radius 1 is 1.08 bits per heavy atom. The van der Waals surface area contributed by atoms with Gasteiger partial charge in [0.1, 0.15) is 0 Å². The molecule has 136 valence electrons. The number of H-pyrrole nitrogens is 1. The Morgan fingerprint density at radius 2 is 1.92 bits per heavy atom. The fourth-order valence-corrected chi connectivity index (χ4v) is 3.86. The lowest BCUT2D eigenvalue weighted by atomic mass is 10.1. The van der Waals surface area contributed by atoms with Gasteiger partial charge in [0.25, 0.3) is 0 Å². The average Bonchev–Trinajstić information content (AvgIpc) is 3.22. The van der Waals surface area contributed by atoms with Crippen LogP contribution in [0.15, 0.2) is 50.5 Å². The third kappa shape index (κ3) is 3.31. The lowest BCUT2D eigenvalue weighted by Crippen LogP contribution is -2.25. The zero-order valence-corrected chi connectivity index (χ0v) is 14.5.